The van der Waals surface area contributed by atoms with E-state index >= 15 is 0 Å². The number of imidazole rings is 1. The first kappa shape index (κ1) is 13.4. The van der Waals surface area contributed by atoms with Gasteiger partial charge in [0.1, 0.15) is 0 Å². The second-order valence-electron chi connectivity index (χ2n) is 5.04. The van der Waals surface area contributed by atoms with Crippen molar-refractivity contribution in [3.63, 3.8) is 0 Å². The Kier molecular flexibility index (Phi) is 4.07. The van der Waals surface area contributed by atoms with Gasteiger partial charge in [0.05, 0.1) is 5.69 Å². The molecule has 0 atom stereocenters. The summed E-state index contributed by atoms with van der Waals surface area (Å²) in [6.07, 6.45) is 6.51. The van der Waals surface area contributed by atoms with E-state index in [0.29, 0.717) is 11.2 Å². The van der Waals surface area contributed by atoms with Crippen LogP contribution in [0, 0.1) is 0 Å². The molecule has 0 spiro atoms. The summed E-state index contributed by atoms with van der Waals surface area (Å²) < 4.78 is 2.09. The van der Waals surface area contributed by atoms with Crippen LogP contribution in [-0.2, 0) is 6.54 Å². The standard InChI is InChI=1S/C13H18ClN3OS/c14-12-11(17-6-8-19-13(17)15-12)9-16(10-3-4-10)5-1-2-7-18/h6,8,10,18H,1-5,7,9H2. The number of hydrogen-bond acceptors (Lipinski definition) is 4. The zero-order valence-corrected chi connectivity index (χ0v) is 12.3. The van der Waals surface area contributed by atoms with Crippen molar-refractivity contribution in [2.24, 2.45) is 0 Å². The van der Waals surface area contributed by atoms with Gasteiger partial charge in [-0.2, -0.15) is 0 Å². The molecule has 104 valence electrons. The van der Waals surface area contributed by atoms with E-state index in [2.05, 4.69) is 14.3 Å². The molecule has 4 nitrogen and oxygen atoms in total. The van der Waals surface area contributed by atoms with Crippen LogP contribution in [0.1, 0.15) is 31.4 Å². The van der Waals surface area contributed by atoms with Gasteiger partial charge in [-0.15, -0.1) is 11.3 Å². The highest BCUT2D eigenvalue weighted by atomic mass is 35.5. The number of thiazole rings is 1. The summed E-state index contributed by atoms with van der Waals surface area (Å²) in [7, 11) is 0. The van der Waals surface area contributed by atoms with Gasteiger partial charge >= 0.3 is 0 Å². The van der Waals surface area contributed by atoms with Gasteiger partial charge in [-0.1, -0.05) is 11.6 Å². The Labute approximate surface area is 121 Å². The van der Waals surface area contributed by atoms with E-state index in [1.165, 1.54) is 12.8 Å². The summed E-state index contributed by atoms with van der Waals surface area (Å²) in [6, 6.07) is 0.693. The van der Waals surface area contributed by atoms with Crippen LogP contribution in [0.15, 0.2) is 11.6 Å². The third-order valence-electron chi connectivity index (χ3n) is 3.58. The first-order valence-electron chi connectivity index (χ1n) is 6.74. The molecule has 3 rings (SSSR count). The Bertz CT molecular complexity index is 549. The van der Waals surface area contributed by atoms with Gasteiger partial charge in [-0.25, -0.2) is 4.98 Å². The van der Waals surface area contributed by atoms with E-state index in [1.54, 1.807) is 11.3 Å². The predicted octanol–water partition coefficient (Wildman–Crippen LogP) is 2.79. The second-order valence-corrected chi connectivity index (χ2v) is 6.27. The minimum Gasteiger partial charge on any atom is -0.396 e. The number of aliphatic hydroxyl groups is 1. The van der Waals surface area contributed by atoms with Crippen molar-refractivity contribution in [2.45, 2.75) is 38.3 Å². The number of unbranched alkanes of at least 4 members (excludes halogenated alkanes) is 1. The Morgan fingerprint density at radius 2 is 2.32 bits per heavy atom. The molecule has 1 aliphatic carbocycles. The van der Waals surface area contributed by atoms with E-state index in [-0.39, 0.29) is 6.61 Å². The summed E-state index contributed by atoms with van der Waals surface area (Å²) >= 11 is 7.86. The van der Waals surface area contributed by atoms with Crippen LogP contribution < -0.4 is 0 Å². The van der Waals surface area contributed by atoms with Gasteiger partial charge in [0, 0.05) is 30.8 Å². The lowest BCUT2D eigenvalue weighted by Gasteiger charge is -2.21. The molecule has 2 aromatic rings. The van der Waals surface area contributed by atoms with Crippen LogP contribution in [0.5, 0.6) is 0 Å². The molecule has 0 saturated heterocycles. The van der Waals surface area contributed by atoms with Gasteiger partial charge in [-0.3, -0.25) is 9.30 Å². The van der Waals surface area contributed by atoms with E-state index < -0.39 is 0 Å². The average Bonchev–Trinajstić information content (AvgIpc) is 3.07. The largest absolute Gasteiger partial charge is 0.396 e. The number of aliphatic hydroxyl groups excluding tert-OH is 1. The van der Waals surface area contributed by atoms with Gasteiger partial charge in [-0.05, 0) is 32.2 Å². The maximum atomic E-state index is 8.90. The number of nitrogens with zero attached hydrogens (tertiary/aromatic N) is 3. The number of fused-ring (bicyclic) bond motifs is 1. The fourth-order valence-corrected chi connectivity index (χ4v) is 3.41. The normalized spacial score (nSPS) is 15.7. The molecule has 0 radical (unpaired) electrons. The Balaban J connectivity index is 1.73. The molecule has 2 heterocycles. The highest BCUT2D eigenvalue weighted by Gasteiger charge is 2.29. The highest BCUT2D eigenvalue weighted by molar-refractivity contribution is 7.15. The Morgan fingerprint density at radius 3 is 3.05 bits per heavy atom. The molecule has 0 unspecified atom stereocenters. The number of hydrogen-bond donors (Lipinski definition) is 1. The monoisotopic (exact) mass is 299 g/mol. The minimum atomic E-state index is 0.278. The molecule has 1 saturated carbocycles. The molecular weight excluding hydrogens is 282 g/mol. The first-order chi connectivity index (χ1) is 9.29. The third kappa shape index (κ3) is 2.94. The van der Waals surface area contributed by atoms with Crippen LogP contribution in [0.4, 0.5) is 0 Å². The number of rotatable bonds is 7. The van der Waals surface area contributed by atoms with Crippen LogP contribution >= 0.6 is 22.9 Å². The van der Waals surface area contributed by atoms with E-state index in [0.717, 1.165) is 36.6 Å². The zero-order chi connectivity index (χ0) is 13.2. The van der Waals surface area contributed by atoms with Gasteiger partial charge in [0.25, 0.3) is 0 Å². The third-order valence-corrected chi connectivity index (χ3v) is 4.64. The number of halogens is 1. The molecule has 0 aromatic carbocycles. The van der Waals surface area contributed by atoms with Crippen molar-refractivity contribution in [1.82, 2.24) is 14.3 Å². The molecule has 0 aliphatic heterocycles. The van der Waals surface area contributed by atoms with Crippen molar-refractivity contribution >= 4 is 27.9 Å². The molecule has 0 amide bonds. The summed E-state index contributed by atoms with van der Waals surface area (Å²) in [4.78, 5) is 7.82. The van der Waals surface area contributed by atoms with Crippen LogP contribution in [0.3, 0.4) is 0 Å². The minimum absolute atomic E-state index is 0.278. The molecular formula is C13H18ClN3OS. The zero-order valence-electron chi connectivity index (χ0n) is 10.8. The van der Waals surface area contributed by atoms with Crippen molar-refractivity contribution in [2.75, 3.05) is 13.2 Å². The molecule has 1 aliphatic rings. The topological polar surface area (TPSA) is 40.8 Å². The molecule has 1 N–H and O–H groups in total. The van der Waals surface area contributed by atoms with Crippen molar-refractivity contribution in [3.05, 3.63) is 22.4 Å². The van der Waals surface area contributed by atoms with Crippen molar-refractivity contribution in [1.29, 1.82) is 0 Å². The predicted molar refractivity (Wildman–Crippen MR) is 77.8 cm³/mol. The SMILES string of the molecule is OCCCCN(Cc1c(Cl)nc2sccn12)C1CC1. The number of aromatic nitrogens is 2. The van der Waals surface area contributed by atoms with E-state index in [4.69, 9.17) is 16.7 Å². The summed E-state index contributed by atoms with van der Waals surface area (Å²) in [6.45, 7) is 2.16. The maximum Gasteiger partial charge on any atom is 0.195 e. The molecule has 2 aromatic heterocycles. The molecule has 1 fully saturated rings. The van der Waals surface area contributed by atoms with Gasteiger partial charge < -0.3 is 5.11 Å². The first-order valence-corrected chi connectivity index (χ1v) is 8.00. The average molecular weight is 300 g/mol. The lowest BCUT2D eigenvalue weighted by Crippen LogP contribution is -2.27. The highest BCUT2D eigenvalue weighted by Crippen LogP contribution is 2.30. The second kappa shape index (κ2) is 5.79. The fraction of sp³-hybridized carbons (Fsp3) is 0.615. The van der Waals surface area contributed by atoms with Crippen LogP contribution in [0.2, 0.25) is 5.15 Å². The Hall–Kier alpha value is -0.620. The fourth-order valence-electron chi connectivity index (χ4n) is 2.40. The van der Waals surface area contributed by atoms with Crippen LogP contribution in [0.25, 0.3) is 4.96 Å². The van der Waals surface area contributed by atoms with Gasteiger partial charge in [0.2, 0.25) is 0 Å². The smallest absolute Gasteiger partial charge is 0.195 e. The summed E-state index contributed by atoms with van der Waals surface area (Å²) in [5, 5.41) is 11.6. The molecule has 0 bridgehead atoms. The van der Waals surface area contributed by atoms with E-state index in [9.17, 15) is 0 Å². The van der Waals surface area contributed by atoms with Gasteiger partial charge in [0.15, 0.2) is 10.1 Å². The van der Waals surface area contributed by atoms with E-state index in [1.807, 2.05) is 11.6 Å². The molecule has 6 heteroatoms. The van der Waals surface area contributed by atoms with Crippen molar-refractivity contribution in [3.8, 4) is 0 Å². The quantitative estimate of drug-likeness (QED) is 0.799. The maximum absolute atomic E-state index is 8.90. The summed E-state index contributed by atoms with van der Waals surface area (Å²) in [5.41, 5.74) is 1.09. The summed E-state index contributed by atoms with van der Waals surface area (Å²) in [5.74, 6) is 0. The van der Waals surface area contributed by atoms with Crippen molar-refractivity contribution < 1.29 is 5.11 Å². The lowest BCUT2D eigenvalue weighted by molar-refractivity contribution is 0.226. The molecule has 19 heavy (non-hydrogen) atoms. The Morgan fingerprint density at radius 1 is 1.47 bits per heavy atom. The van der Waals surface area contributed by atoms with Crippen LogP contribution in [-0.4, -0.2) is 38.6 Å². The lowest BCUT2D eigenvalue weighted by atomic mass is 10.3.